The number of allylic oxidation sites excluding steroid dienone is 5. The summed E-state index contributed by atoms with van der Waals surface area (Å²) < 4.78 is 26.3. The van der Waals surface area contributed by atoms with Gasteiger partial charge in [0.1, 0.15) is 0 Å². The number of hydrogen-bond donors (Lipinski definition) is 2. The van der Waals surface area contributed by atoms with Crippen LogP contribution in [0.4, 0.5) is 0 Å². The van der Waals surface area contributed by atoms with Crippen LogP contribution in [0.5, 0.6) is 0 Å². The maximum Gasteiger partial charge on any atom is 0.265 e. The number of carbonyl (C=O) groups is 1. The second-order valence-corrected chi connectivity index (χ2v) is 9.23. The normalized spacial score (nSPS) is 24.2. The van der Waals surface area contributed by atoms with Gasteiger partial charge in [-0.15, -0.1) is 0 Å². The third kappa shape index (κ3) is 4.93. The van der Waals surface area contributed by atoms with Crippen LogP contribution in [0.25, 0.3) is 0 Å². The molecule has 0 saturated heterocycles. The summed E-state index contributed by atoms with van der Waals surface area (Å²) in [6.07, 6.45) is 11.4. The molecule has 3 rings (SSSR count). The van der Waals surface area contributed by atoms with Crippen LogP contribution in [0.2, 0.25) is 0 Å². The van der Waals surface area contributed by atoms with Crippen molar-refractivity contribution in [1.82, 2.24) is 9.79 Å². The molecular weight excluding hydrogens is 388 g/mol. The van der Waals surface area contributed by atoms with Gasteiger partial charge in [-0.3, -0.25) is 10.0 Å². The zero-order valence-electron chi connectivity index (χ0n) is 16.2. The van der Waals surface area contributed by atoms with Crippen LogP contribution >= 0.6 is 0 Å². The number of fused-ring (bicyclic) bond motifs is 1. The predicted octanol–water partition coefficient (Wildman–Crippen LogP) is 3.80. The molecule has 0 radical (unpaired) electrons. The van der Waals surface area contributed by atoms with E-state index in [2.05, 4.69) is 18.5 Å². The molecule has 1 aromatic carbocycles. The average molecular weight is 415 g/mol. The summed E-state index contributed by atoms with van der Waals surface area (Å²) >= 11 is 0. The van der Waals surface area contributed by atoms with E-state index in [0.29, 0.717) is 34.8 Å². The highest BCUT2D eigenvalue weighted by Crippen LogP contribution is 2.50. The van der Waals surface area contributed by atoms with E-state index in [4.69, 9.17) is 0 Å². The Morgan fingerprint density at radius 3 is 2.66 bits per heavy atom. The summed E-state index contributed by atoms with van der Waals surface area (Å²) in [5, 5.41) is 13.1. The molecule has 3 unspecified atom stereocenters. The lowest BCUT2D eigenvalue weighted by Crippen LogP contribution is -2.39. The van der Waals surface area contributed by atoms with E-state index in [1.165, 1.54) is 30.3 Å². The van der Waals surface area contributed by atoms with E-state index in [9.17, 15) is 18.4 Å². The van der Waals surface area contributed by atoms with Crippen LogP contribution < -0.4 is 5.32 Å². The van der Waals surface area contributed by atoms with E-state index in [0.717, 1.165) is 12.8 Å². The molecule has 2 fully saturated rings. The molecule has 2 aliphatic carbocycles. The fourth-order valence-corrected chi connectivity index (χ4v) is 5.10. The molecule has 1 aromatic rings. The molecule has 154 valence electrons. The first kappa shape index (κ1) is 21.2. The predicted molar refractivity (Wildman–Crippen MR) is 112 cm³/mol. The largest absolute Gasteiger partial charge is 0.322 e. The van der Waals surface area contributed by atoms with Crippen molar-refractivity contribution in [3.63, 3.8) is 0 Å². The topological polar surface area (TPSA) is 86.7 Å². The van der Waals surface area contributed by atoms with Gasteiger partial charge in [-0.05, 0) is 67.9 Å². The summed E-state index contributed by atoms with van der Waals surface area (Å²) in [6, 6.07) is 5.26. The fourth-order valence-electron chi connectivity index (χ4n) is 3.77. The number of hydroxylamine groups is 1. The summed E-state index contributed by atoms with van der Waals surface area (Å²) in [4.78, 5) is 12.5. The number of nitrogens with zero attached hydrogens (tertiary/aromatic N) is 1. The van der Waals surface area contributed by atoms with Crippen LogP contribution in [-0.2, 0) is 10.0 Å². The minimum atomic E-state index is -4.10. The highest BCUT2D eigenvalue weighted by molar-refractivity contribution is 7.89. The Labute approximate surface area is 171 Å². The Morgan fingerprint density at radius 1 is 1.17 bits per heavy atom. The molecule has 0 aliphatic heterocycles. The summed E-state index contributed by atoms with van der Waals surface area (Å²) in [5.41, 5.74) is 0.662. The van der Waals surface area contributed by atoms with Crippen LogP contribution in [-0.4, -0.2) is 30.0 Å². The molecule has 2 saturated carbocycles. The molecule has 2 N–H and O–H groups in total. The molecule has 3 atom stereocenters. The molecule has 29 heavy (non-hydrogen) atoms. The van der Waals surface area contributed by atoms with Gasteiger partial charge in [0.25, 0.3) is 15.9 Å². The number of rotatable bonds is 8. The van der Waals surface area contributed by atoms with Gasteiger partial charge in [-0.25, -0.2) is 8.42 Å². The zero-order valence-corrected chi connectivity index (χ0v) is 17.0. The van der Waals surface area contributed by atoms with Gasteiger partial charge in [0.05, 0.1) is 10.9 Å². The number of benzene rings is 1. The van der Waals surface area contributed by atoms with Crippen molar-refractivity contribution < 1.29 is 18.4 Å². The quantitative estimate of drug-likeness (QED) is 0.500. The Morgan fingerprint density at radius 2 is 1.97 bits per heavy atom. The maximum absolute atomic E-state index is 12.9. The Balaban J connectivity index is 1.77. The van der Waals surface area contributed by atoms with E-state index in [1.807, 2.05) is 0 Å². The van der Waals surface area contributed by atoms with Gasteiger partial charge in [-0.2, -0.15) is 0 Å². The van der Waals surface area contributed by atoms with Gasteiger partial charge >= 0.3 is 0 Å². The maximum atomic E-state index is 12.9. The Hall–Kier alpha value is -2.48. The molecule has 2 aliphatic rings. The Kier molecular flexibility index (Phi) is 6.52. The molecule has 1 amide bonds. The van der Waals surface area contributed by atoms with Crippen molar-refractivity contribution in [3.05, 3.63) is 79.1 Å². The van der Waals surface area contributed by atoms with E-state index >= 15 is 0 Å². The molecule has 0 aromatic heterocycles. The fraction of sp³-hybridized carbons (Fsp3) is 0.318. The van der Waals surface area contributed by atoms with E-state index < -0.39 is 22.0 Å². The third-order valence-corrected chi connectivity index (χ3v) is 7.07. The van der Waals surface area contributed by atoms with Crippen molar-refractivity contribution in [1.29, 1.82) is 0 Å². The van der Waals surface area contributed by atoms with Crippen LogP contribution in [0.15, 0.2) is 78.4 Å². The van der Waals surface area contributed by atoms with Crippen molar-refractivity contribution in [3.8, 4) is 0 Å². The zero-order chi connectivity index (χ0) is 21.0. The van der Waals surface area contributed by atoms with Gasteiger partial charge in [-0.1, -0.05) is 41.9 Å². The number of sulfonamides is 1. The minimum absolute atomic E-state index is 0.110. The first-order valence-electron chi connectivity index (χ1n) is 9.63. The van der Waals surface area contributed by atoms with Gasteiger partial charge < -0.3 is 5.32 Å². The SMILES string of the molecule is C=C/C=C\C(=C/C=C)NC(=O)c1cccc(S(=O)(=O)N(O)C2CCC3CC3C2)c1. The van der Waals surface area contributed by atoms with Crippen molar-refractivity contribution in [2.24, 2.45) is 11.8 Å². The summed E-state index contributed by atoms with van der Waals surface area (Å²) in [5.74, 6) is 0.753. The van der Waals surface area contributed by atoms with Crippen molar-refractivity contribution >= 4 is 15.9 Å². The third-order valence-electron chi connectivity index (χ3n) is 5.43. The molecule has 0 heterocycles. The lowest BCUT2D eigenvalue weighted by atomic mass is 9.96. The average Bonchev–Trinajstić information content (AvgIpc) is 3.50. The number of carbonyl (C=O) groups excluding carboxylic acids is 1. The number of amides is 1. The monoisotopic (exact) mass is 414 g/mol. The molecule has 0 bridgehead atoms. The molecular formula is C22H26N2O4S. The highest BCUT2D eigenvalue weighted by Gasteiger charge is 2.45. The summed E-state index contributed by atoms with van der Waals surface area (Å²) in [7, 11) is -4.10. The summed E-state index contributed by atoms with van der Waals surface area (Å²) in [6.45, 7) is 7.19. The number of nitrogens with one attached hydrogen (secondary N) is 1. The van der Waals surface area contributed by atoms with Gasteiger partial charge in [0, 0.05) is 11.3 Å². The molecule has 7 heteroatoms. The van der Waals surface area contributed by atoms with Crippen LogP contribution in [0.3, 0.4) is 0 Å². The minimum Gasteiger partial charge on any atom is -0.322 e. The first-order chi connectivity index (χ1) is 13.9. The lowest BCUT2D eigenvalue weighted by molar-refractivity contribution is -0.0479. The molecule has 6 nitrogen and oxygen atoms in total. The van der Waals surface area contributed by atoms with Crippen molar-refractivity contribution in [2.75, 3.05) is 0 Å². The Bertz CT molecular complexity index is 965. The van der Waals surface area contributed by atoms with E-state index in [1.54, 1.807) is 24.3 Å². The van der Waals surface area contributed by atoms with E-state index in [-0.39, 0.29) is 10.5 Å². The second-order valence-electron chi connectivity index (χ2n) is 7.43. The second kappa shape index (κ2) is 8.90. The van der Waals surface area contributed by atoms with Crippen LogP contribution in [0.1, 0.15) is 36.0 Å². The smallest absolute Gasteiger partial charge is 0.265 e. The number of hydrogen-bond acceptors (Lipinski definition) is 4. The first-order valence-corrected chi connectivity index (χ1v) is 11.1. The standard InChI is InChI=1S/C22H26N2O4S/c1-3-5-9-19(7-4-2)23-22(25)17-8-6-10-21(15-17)29(27,28)24(26)20-12-11-16-13-18(16)14-20/h3-10,15-16,18,20,26H,1-2,11-14H2,(H,23,25)/b9-5-,19-7+. The van der Waals surface area contributed by atoms with Crippen LogP contribution in [0, 0.1) is 11.8 Å². The van der Waals surface area contributed by atoms with Crippen molar-refractivity contribution in [2.45, 2.75) is 36.6 Å². The molecule has 0 spiro atoms. The highest BCUT2D eigenvalue weighted by atomic mass is 32.2. The van der Waals surface area contributed by atoms with Gasteiger partial charge in [0.2, 0.25) is 0 Å². The van der Waals surface area contributed by atoms with Gasteiger partial charge in [0.15, 0.2) is 0 Å². The lowest BCUT2D eigenvalue weighted by Gasteiger charge is -2.28.